The molecule has 226 valence electrons. The first-order valence-corrected chi connectivity index (χ1v) is 16.1. The Hall–Kier alpha value is -3.96. The van der Waals surface area contributed by atoms with Gasteiger partial charge >= 0.3 is 16.3 Å². The molecular weight excluding hydrogens is 568 g/mol. The number of hydrogen-bond acceptors (Lipinski definition) is 7. The van der Waals surface area contributed by atoms with E-state index in [1.807, 2.05) is 61.9 Å². The number of aliphatic carboxylic acids is 1. The van der Waals surface area contributed by atoms with E-state index in [0.29, 0.717) is 18.1 Å². The van der Waals surface area contributed by atoms with Gasteiger partial charge in [0.2, 0.25) is 0 Å². The number of carboxylic acid groups (broad SMARTS) is 1. The van der Waals surface area contributed by atoms with Gasteiger partial charge in [0, 0.05) is 24.6 Å². The molecule has 43 heavy (non-hydrogen) atoms. The molecular formula is C32H36N4O6S. The molecule has 4 heterocycles. The predicted molar refractivity (Wildman–Crippen MR) is 161 cm³/mol. The van der Waals surface area contributed by atoms with Crippen molar-refractivity contribution < 1.29 is 27.2 Å². The summed E-state index contributed by atoms with van der Waals surface area (Å²) in [5.41, 5.74) is 6.64. The summed E-state index contributed by atoms with van der Waals surface area (Å²) < 4.78 is 41.5. The zero-order chi connectivity index (χ0) is 30.3. The maximum Gasteiger partial charge on any atom is 0.386 e. The summed E-state index contributed by atoms with van der Waals surface area (Å²) in [5.74, 6) is -0.412. The molecule has 1 unspecified atom stereocenters. The van der Waals surface area contributed by atoms with Crippen LogP contribution in [0.15, 0.2) is 48.5 Å². The second kappa shape index (κ2) is 11.6. The number of ether oxygens (including phenoxy) is 1. The van der Waals surface area contributed by atoms with Gasteiger partial charge in [0.25, 0.3) is 0 Å². The summed E-state index contributed by atoms with van der Waals surface area (Å²) >= 11 is 0. The molecule has 0 spiro atoms. The Morgan fingerprint density at radius 2 is 1.84 bits per heavy atom. The molecule has 3 aliphatic heterocycles. The van der Waals surface area contributed by atoms with Crippen LogP contribution in [0.25, 0.3) is 11.0 Å². The van der Waals surface area contributed by atoms with Crippen LogP contribution in [-0.2, 0) is 28.2 Å². The molecule has 11 heteroatoms. The highest BCUT2D eigenvalue weighted by Crippen LogP contribution is 2.40. The summed E-state index contributed by atoms with van der Waals surface area (Å²) in [5, 5.41) is 18.8. The van der Waals surface area contributed by atoms with Crippen molar-refractivity contribution in [3.8, 4) is 11.5 Å². The SMILES string of the molecule is Cc1ccc2cc1[C@@H](C)N1Cc3cc(ccc3OS1(=O)=O)OCCCCCCn1nnc3c(C)c(ccc31)[C@@H]2CC(=O)O. The molecule has 0 aliphatic carbocycles. The number of aromatic nitrogens is 3. The third-order valence-electron chi connectivity index (χ3n) is 8.70. The fraction of sp³-hybridized carbons (Fsp3) is 0.406. The van der Waals surface area contributed by atoms with E-state index in [1.165, 1.54) is 4.31 Å². The van der Waals surface area contributed by atoms with Gasteiger partial charge in [-0.25, -0.2) is 4.68 Å². The number of hydrogen-bond donors (Lipinski definition) is 1. The topological polar surface area (TPSA) is 124 Å². The van der Waals surface area contributed by atoms with Gasteiger partial charge in [-0.15, -0.1) is 5.10 Å². The highest BCUT2D eigenvalue weighted by molar-refractivity contribution is 7.84. The van der Waals surface area contributed by atoms with Crippen LogP contribution in [0.3, 0.4) is 0 Å². The lowest BCUT2D eigenvalue weighted by molar-refractivity contribution is -0.137. The summed E-state index contributed by atoms with van der Waals surface area (Å²) in [6, 6.07) is 14.4. The third kappa shape index (κ3) is 5.71. The van der Waals surface area contributed by atoms with Crippen LogP contribution >= 0.6 is 0 Å². The minimum absolute atomic E-state index is 0.126. The zero-order valence-electron chi connectivity index (χ0n) is 24.6. The quantitative estimate of drug-likeness (QED) is 0.304. The van der Waals surface area contributed by atoms with Gasteiger partial charge < -0.3 is 14.0 Å². The third-order valence-corrected chi connectivity index (χ3v) is 10.1. The Labute approximate surface area is 251 Å². The van der Waals surface area contributed by atoms with Gasteiger partial charge in [0.1, 0.15) is 17.0 Å². The van der Waals surface area contributed by atoms with E-state index in [0.717, 1.165) is 76.6 Å². The Morgan fingerprint density at radius 3 is 2.65 bits per heavy atom. The highest BCUT2D eigenvalue weighted by Gasteiger charge is 2.37. The molecule has 0 saturated carbocycles. The van der Waals surface area contributed by atoms with Crippen molar-refractivity contribution in [1.29, 1.82) is 0 Å². The van der Waals surface area contributed by atoms with Gasteiger partial charge in [-0.1, -0.05) is 35.9 Å². The minimum atomic E-state index is -4.08. The zero-order valence-corrected chi connectivity index (χ0v) is 25.4. The van der Waals surface area contributed by atoms with Crippen LogP contribution in [-0.4, -0.2) is 45.4 Å². The van der Waals surface area contributed by atoms with E-state index >= 15 is 0 Å². The van der Waals surface area contributed by atoms with Gasteiger partial charge in [0.15, 0.2) is 0 Å². The maximum atomic E-state index is 13.3. The lowest BCUT2D eigenvalue weighted by Crippen LogP contribution is -2.39. The molecule has 0 amide bonds. The molecule has 0 fully saturated rings. The van der Waals surface area contributed by atoms with Gasteiger partial charge in [0.05, 0.1) is 24.6 Å². The second-order valence-corrected chi connectivity index (χ2v) is 13.0. The number of rotatable bonds is 2. The molecule has 9 bridgehead atoms. The molecule has 7 rings (SSSR count). The summed E-state index contributed by atoms with van der Waals surface area (Å²) in [7, 11) is -4.08. The van der Waals surface area contributed by atoms with Crippen molar-refractivity contribution in [3.05, 3.63) is 81.9 Å². The number of nitrogens with zero attached hydrogens (tertiary/aromatic N) is 4. The van der Waals surface area contributed by atoms with Crippen LogP contribution in [0, 0.1) is 13.8 Å². The number of fused-ring (bicyclic) bond motifs is 7. The second-order valence-electron chi connectivity index (χ2n) is 11.5. The van der Waals surface area contributed by atoms with Crippen molar-refractivity contribution in [1.82, 2.24) is 19.3 Å². The van der Waals surface area contributed by atoms with Crippen LogP contribution < -0.4 is 8.92 Å². The van der Waals surface area contributed by atoms with Gasteiger partial charge in [-0.05, 0) is 92.1 Å². The van der Waals surface area contributed by atoms with Crippen molar-refractivity contribution >= 4 is 27.3 Å². The monoisotopic (exact) mass is 604 g/mol. The van der Waals surface area contributed by atoms with Crippen molar-refractivity contribution in [3.63, 3.8) is 0 Å². The van der Waals surface area contributed by atoms with Gasteiger partial charge in [-0.2, -0.15) is 12.7 Å². The Bertz CT molecular complexity index is 1800. The summed E-state index contributed by atoms with van der Waals surface area (Å²) in [6.45, 7) is 7.17. The van der Waals surface area contributed by atoms with Crippen LogP contribution in [0.4, 0.5) is 0 Å². The molecule has 0 saturated heterocycles. The average Bonchev–Trinajstić information content (AvgIpc) is 3.38. The number of carbonyl (C=O) groups is 1. The smallest absolute Gasteiger partial charge is 0.386 e. The Balaban J connectivity index is 1.46. The van der Waals surface area contributed by atoms with E-state index in [9.17, 15) is 18.3 Å². The van der Waals surface area contributed by atoms with E-state index < -0.39 is 28.2 Å². The molecule has 3 aromatic carbocycles. The Kier molecular flexibility index (Phi) is 7.87. The highest BCUT2D eigenvalue weighted by atomic mass is 32.2. The first kappa shape index (κ1) is 29.1. The van der Waals surface area contributed by atoms with Crippen molar-refractivity contribution in [2.75, 3.05) is 6.61 Å². The molecule has 3 atom stereocenters. The van der Waals surface area contributed by atoms with Crippen LogP contribution in [0.5, 0.6) is 11.5 Å². The lowest BCUT2D eigenvalue weighted by Gasteiger charge is -2.33. The first-order chi connectivity index (χ1) is 20.6. The van der Waals surface area contributed by atoms with Crippen molar-refractivity contribution in [2.24, 2.45) is 0 Å². The summed E-state index contributed by atoms with van der Waals surface area (Å²) in [6.07, 6.45) is 3.74. The van der Waals surface area contributed by atoms with Gasteiger partial charge in [-0.3, -0.25) is 4.79 Å². The van der Waals surface area contributed by atoms with E-state index in [1.54, 1.807) is 12.1 Å². The molecule has 10 nitrogen and oxygen atoms in total. The molecule has 1 aromatic heterocycles. The predicted octanol–water partition coefficient (Wildman–Crippen LogP) is 5.81. The van der Waals surface area contributed by atoms with E-state index in [2.05, 4.69) is 10.3 Å². The number of benzene rings is 3. The lowest BCUT2D eigenvalue weighted by atomic mass is 9.83. The number of carboxylic acids is 1. The normalized spacial score (nSPS) is 22.0. The van der Waals surface area contributed by atoms with E-state index in [-0.39, 0.29) is 13.0 Å². The maximum absolute atomic E-state index is 13.3. The van der Waals surface area contributed by atoms with Crippen LogP contribution in [0.2, 0.25) is 0 Å². The average molecular weight is 605 g/mol. The molecule has 4 aromatic rings. The standard InChI is InChI=1S/C32H36N4O6S/c1-20-8-9-23-17-27(20)22(3)36-19-24-16-25(10-13-30(24)42-43(36,39)40)41-15-7-5-4-6-14-35-29-12-11-26(28(23)18-31(37)38)21(2)32(29)33-34-35/h8-13,16-17,22,28H,4-7,14-15,18-19H2,1-3H3,(H,37,38)/t22-,28-/m1/s1. The minimum Gasteiger partial charge on any atom is -0.494 e. The van der Waals surface area contributed by atoms with E-state index in [4.69, 9.17) is 8.92 Å². The largest absolute Gasteiger partial charge is 0.494 e. The molecule has 3 aliphatic rings. The molecule has 1 N–H and O–H groups in total. The number of aryl methyl sites for hydroxylation is 3. The molecule has 0 radical (unpaired) electrons. The first-order valence-electron chi connectivity index (χ1n) is 14.7. The van der Waals surface area contributed by atoms with Crippen molar-refractivity contribution in [2.45, 2.75) is 77.9 Å². The fourth-order valence-electron chi connectivity index (χ4n) is 6.28. The Morgan fingerprint density at radius 1 is 1.02 bits per heavy atom. The summed E-state index contributed by atoms with van der Waals surface area (Å²) in [4.78, 5) is 12.1. The fourth-order valence-corrected chi connectivity index (χ4v) is 7.57. The van der Waals surface area contributed by atoms with Crippen LogP contribution in [0.1, 0.15) is 84.4 Å².